The smallest absolute Gasteiger partial charge is 0.162 e. The third-order valence-corrected chi connectivity index (χ3v) is 2.15. The van der Waals surface area contributed by atoms with Gasteiger partial charge in [-0.3, -0.25) is 0 Å². The van der Waals surface area contributed by atoms with Gasteiger partial charge in [-0.05, 0) is 18.6 Å². The molecule has 0 unspecified atom stereocenters. The van der Waals surface area contributed by atoms with Crippen molar-refractivity contribution in [2.24, 2.45) is 10.7 Å². The van der Waals surface area contributed by atoms with Crippen LogP contribution in [0.2, 0.25) is 0 Å². The number of nitrogens with zero attached hydrogens (tertiary/aromatic N) is 1. The zero-order chi connectivity index (χ0) is 12.0. The van der Waals surface area contributed by atoms with Crippen LogP contribution in [0.1, 0.15) is 19.8 Å². The molecule has 1 aromatic rings. The lowest BCUT2D eigenvalue weighted by Crippen LogP contribution is -2.09. The lowest BCUT2D eigenvalue weighted by molar-refractivity contribution is 0.355. The number of benzene rings is 1. The largest absolute Gasteiger partial charge is 0.493 e. The van der Waals surface area contributed by atoms with Crippen molar-refractivity contribution in [3.8, 4) is 11.5 Å². The number of rotatable bonds is 5. The van der Waals surface area contributed by atoms with Crippen LogP contribution < -0.4 is 15.2 Å². The number of nitrogens with two attached hydrogens (primary N) is 1. The Balaban J connectivity index is 2.94. The minimum absolute atomic E-state index is 0.634. The van der Waals surface area contributed by atoms with Crippen molar-refractivity contribution in [3.05, 3.63) is 18.2 Å². The van der Waals surface area contributed by atoms with Crippen molar-refractivity contribution in [2.75, 3.05) is 14.2 Å². The van der Waals surface area contributed by atoms with E-state index in [4.69, 9.17) is 15.2 Å². The van der Waals surface area contributed by atoms with Crippen LogP contribution in [0.5, 0.6) is 11.5 Å². The van der Waals surface area contributed by atoms with Crippen molar-refractivity contribution in [1.82, 2.24) is 0 Å². The first kappa shape index (κ1) is 12.4. The molecule has 1 rings (SSSR count). The van der Waals surface area contributed by atoms with Crippen LogP contribution in [-0.2, 0) is 0 Å². The average Bonchev–Trinajstić information content (AvgIpc) is 2.29. The second-order valence-electron chi connectivity index (χ2n) is 3.39. The summed E-state index contributed by atoms with van der Waals surface area (Å²) in [5, 5.41) is 0. The van der Waals surface area contributed by atoms with Crippen LogP contribution in [0.3, 0.4) is 0 Å². The van der Waals surface area contributed by atoms with Crippen molar-refractivity contribution >= 4 is 11.5 Å². The molecule has 1 aromatic carbocycles. The first-order valence-electron chi connectivity index (χ1n) is 5.26. The topological polar surface area (TPSA) is 56.8 Å². The molecule has 0 atom stereocenters. The summed E-state index contributed by atoms with van der Waals surface area (Å²) < 4.78 is 10.3. The van der Waals surface area contributed by atoms with E-state index < -0.39 is 0 Å². The molecule has 0 fully saturated rings. The van der Waals surface area contributed by atoms with E-state index in [1.807, 2.05) is 12.1 Å². The molecule has 16 heavy (non-hydrogen) atoms. The molecule has 2 N–H and O–H groups in total. The summed E-state index contributed by atoms with van der Waals surface area (Å²) in [6.07, 6.45) is 1.79. The Morgan fingerprint density at radius 2 is 1.94 bits per heavy atom. The van der Waals surface area contributed by atoms with Gasteiger partial charge in [0.15, 0.2) is 11.5 Å². The third kappa shape index (κ3) is 3.15. The second kappa shape index (κ2) is 6.00. The first-order chi connectivity index (χ1) is 7.71. The molecule has 0 bridgehead atoms. The van der Waals surface area contributed by atoms with Gasteiger partial charge in [0.25, 0.3) is 0 Å². The van der Waals surface area contributed by atoms with Gasteiger partial charge in [-0.2, -0.15) is 0 Å². The fourth-order valence-corrected chi connectivity index (χ4v) is 1.37. The van der Waals surface area contributed by atoms with E-state index in [1.54, 1.807) is 20.3 Å². The molecule has 0 radical (unpaired) electrons. The van der Waals surface area contributed by atoms with Gasteiger partial charge in [-0.25, -0.2) is 4.99 Å². The maximum Gasteiger partial charge on any atom is 0.162 e. The molecule has 0 heterocycles. The molecule has 0 spiro atoms. The highest BCUT2D eigenvalue weighted by Gasteiger charge is 2.03. The van der Waals surface area contributed by atoms with Crippen LogP contribution in [0.25, 0.3) is 0 Å². The highest BCUT2D eigenvalue weighted by molar-refractivity contribution is 5.83. The summed E-state index contributed by atoms with van der Waals surface area (Å²) >= 11 is 0. The van der Waals surface area contributed by atoms with Crippen molar-refractivity contribution in [1.29, 1.82) is 0 Å². The minimum atomic E-state index is 0.634. The van der Waals surface area contributed by atoms with E-state index in [9.17, 15) is 0 Å². The molecule has 0 aliphatic rings. The lowest BCUT2D eigenvalue weighted by atomic mass is 10.2. The minimum Gasteiger partial charge on any atom is -0.493 e. The van der Waals surface area contributed by atoms with Gasteiger partial charge in [0.2, 0.25) is 0 Å². The molecular formula is C12H18N2O2. The van der Waals surface area contributed by atoms with Crippen LogP contribution in [0.15, 0.2) is 23.2 Å². The summed E-state index contributed by atoms with van der Waals surface area (Å²) in [4.78, 5) is 4.29. The highest BCUT2D eigenvalue weighted by atomic mass is 16.5. The average molecular weight is 222 g/mol. The number of hydrogen-bond acceptors (Lipinski definition) is 3. The zero-order valence-electron chi connectivity index (χ0n) is 9.99. The van der Waals surface area contributed by atoms with E-state index in [1.165, 1.54) is 0 Å². The Hall–Kier alpha value is -1.71. The van der Waals surface area contributed by atoms with Crippen LogP contribution in [0.4, 0.5) is 5.69 Å². The van der Waals surface area contributed by atoms with Gasteiger partial charge < -0.3 is 15.2 Å². The zero-order valence-corrected chi connectivity index (χ0v) is 9.99. The number of hydrogen-bond donors (Lipinski definition) is 1. The summed E-state index contributed by atoms with van der Waals surface area (Å²) in [5.41, 5.74) is 6.54. The fraction of sp³-hybridized carbons (Fsp3) is 0.417. The maximum absolute atomic E-state index is 5.76. The van der Waals surface area contributed by atoms with E-state index >= 15 is 0 Å². The Morgan fingerprint density at radius 3 is 2.50 bits per heavy atom. The Bertz CT molecular complexity index is 375. The lowest BCUT2D eigenvalue weighted by Gasteiger charge is -2.07. The summed E-state index contributed by atoms with van der Waals surface area (Å²) in [6, 6.07) is 5.47. The van der Waals surface area contributed by atoms with E-state index in [0.29, 0.717) is 17.3 Å². The van der Waals surface area contributed by atoms with Crippen molar-refractivity contribution in [2.45, 2.75) is 19.8 Å². The predicted molar refractivity (Wildman–Crippen MR) is 65.7 cm³/mol. The normalized spacial score (nSPS) is 11.3. The molecule has 0 amide bonds. The van der Waals surface area contributed by atoms with Gasteiger partial charge in [-0.15, -0.1) is 0 Å². The van der Waals surface area contributed by atoms with Gasteiger partial charge in [-0.1, -0.05) is 6.92 Å². The van der Waals surface area contributed by atoms with Crippen molar-refractivity contribution < 1.29 is 9.47 Å². The van der Waals surface area contributed by atoms with Gasteiger partial charge in [0.05, 0.1) is 25.7 Å². The quantitative estimate of drug-likeness (QED) is 0.615. The van der Waals surface area contributed by atoms with Crippen LogP contribution in [-0.4, -0.2) is 20.1 Å². The molecule has 0 saturated carbocycles. The summed E-state index contributed by atoms with van der Waals surface area (Å²) in [6.45, 7) is 2.07. The number of aliphatic imine (C=N–C) groups is 1. The molecule has 0 aliphatic carbocycles. The summed E-state index contributed by atoms with van der Waals surface area (Å²) in [7, 11) is 3.20. The number of methoxy groups -OCH3 is 2. The SMILES string of the molecule is CCCC(N)=Nc1ccc(OC)c(OC)c1. The van der Waals surface area contributed by atoms with Gasteiger partial charge in [0, 0.05) is 12.5 Å². The maximum atomic E-state index is 5.76. The summed E-state index contributed by atoms with van der Waals surface area (Å²) in [5.74, 6) is 1.98. The van der Waals surface area contributed by atoms with Gasteiger partial charge >= 0.3 is 0 Å². The predicted octanol–water partition coefficient (Wildman–Crippen LogP) is 2.49. The van der Waals surface area contributed by atoms with Crippen LogP contribution in [0, 0.1) is 0 Å². The molecule has 88 valence electrons. The van der Waals surface area contributed by atoms with Gasteiger partial charge in [0.1, 0.15) is 0 Å². The van der Waals surface area contributed by atoms with Crippen molar-refractivity contribution in [3.63, 3.8) is 0 Å². The van der Waals surface area contributed by atoms with E-state index in [2.05, 4.69) is 11.9 Å². The molecular weight excluding hydrogens is 204 g/mol. The molecule has 4 heteroatoms. The second-order valence-corrected chi connectivity index (χ2v) is 3.39. The Labute approximate surface area is 96.1 Å². The standard InChI is InChI=1S/C12H18N2O2/c1-4-5-12(13)14-9-6-7-10(15-2)11(8-9)16-3/h6-8H,4-5H2,1-3H3,(H2,13,14). The monoisotopic (exact) mass is 222 g/mol. The fourth-order valence-electron chi connectivity index (χ4n) is 1.37. The molecule has 0 aliphatic heterocycles. The molecule has 0 saturated heterocycles. The number of amidine groups is 1. The Kier molecular flexibility index (Phi) is 4.64. The van der Waals surface area contributed by atoms with Crippen LogP contribution >= 0.6 is 0 Å². The third-order valence-electron chi connectivity index (χ3n) is 2.15. The van der Waals surface area contributed by atoms with E-state index in [0.717, 1.165) is 18.5 Å². The highest BCUT2D eigenvalue weighted by Crippen LogP contribution is 2.30. The molecule has 4 nitrogen and oxygen atoms in total. The molecule has 0 aromatic heterocycles. The first-order valence-corrected chi connectivity index (χ1v) is 5.26. The number of ether oxygens (including phenoxy) is 2. The Morgan fingerprint density at radius 1 is 1.25 bits per heavy atom. The van der Waals surface area contributed by atoms with E-state index in [-0.39, 0.29) is 0 Å².